The average molecular weight is 263 g/mol. The summed E-state index contributed by atoms with van der Waals surface area (Å²) in [5, 5.41) is 9.41. The highest BCUT2D eigenvalue weighted by Crippen LogP contribution is 2.14. The van der Waals surface area contributed by atoms with Gasteiger partial charge in [-0.2, -0.15) is 0 Å². The summed E-state index contributed by atoms with van der Waals surface area (Å²) in [5.74, 6) is -2.05. The fraction of sp³-hybridized carbons (Fsp3) is 0.286. The number of aliphatic hydroxyl groups is 1. The Balaban J connectivity index is 2.92. The van der Waals surface area contributed by atoms with E-state index in [9.17, 15) is 14.7 Å². The average Bonchev–Trinajstić information content (AvgIpc) is 2.39. The van der Waals surface area contributed by atoms with Gasteiger partial charge in [-0.1, -0.05) is 12.1 Å². The predicted octanol–water partition coefficient (Wildman–Crippen LogP) is 1.94. The monoisotopic (exact) mass is 263 g/mol. The van der Waals surface area contributed by atoms with Crippen LogP contribution in [0.25, 0.3) is 0 Å². The van der Waals surface area contributed by atoms with Gasteiger partial charge in [0.1, 0.15) is 0 Å². The number of anilines is 1. The highest BCUT2D eigenvalue weighted by Gasteiger charge is 2.12. The second-order valence-corrected chi connectivity index (χ2v) is 4.06. The minimum Gasteiger partial charge on any atom is -0.502 e. The topological polar surface area (TPSA) is 66.8 Å². The van der Waals surface area contributed by atoms with E-state index in [4.69, 9.17) is 0 Å². The Kier molecular flexibility index (Phi) is 5.11. The SMILES string of the molecule is CCOC(=O)/C(O)=C/C(=O)c1cccc(N(C)C)c1. The number of allylic oxidation sites excluding steroid dienone is 1. The Hall–Kier alpha value is -2.30. The molecule has 0 fully saturated rings. The summed E-state index contributed by atoms with van der Waals surface area (Å²) in [7, 11) is 3.71. The van der Waals surface area contributed by atoms with E-state index < -0.39 is 17.5 Å². The van der Waals surface area contributed by atoms with E-state index in [1.165, 1.54) is 0 Å². The van der Waals surface area contributed by atoms with Crippen molar-refractivity contribution in [2.45, 2.75) is 6.92 Å². The van der Waals surface area contributed by atoms with Crippen molar-refractivity contribution in [3.8, 4) is 0 Å². The fourth-order valence-corrected chi connectivity index (χ4v) is 1.41. The van der Waals surface area contributed by atoms with Crippen molar-refractivity contribution in [1.29, 1.82) is 0 Å². The van der Waals surface area contributed by atoms with E-state index in [2.05, 4.69) is 4.74 Å². The first-order valence-electron chi connectivity index (χ1n) is 5.85. The van der Waals surface area contributed by atoms with Crippen LogP contribution in [0.15, 0.2) is 36.1 Å². The van der Waals surface area contributed by atoms with Crippen molar-refractivity contribution in [3.05, 3.63) is 41.7 Å². The summed E-state index contributed by atoms with van der Waals surface area (Å²) in [4.78, 5) is 24.9. The molecule has 0 bridgehead atoms. The maximum atomic E-state index is 11.9. The smallest absolute Gasteiger partial charge is 0.373 e. The molecule has 0 aliphatic rings. The van der Waals surface area contributed by atoms with Crippen molar-refractivity contribution in [3.63, 3.8) is 0 Å². The van der Waals surface area contributed by atoms with Crippen LogP contribution in [0.5, 0.6) is 0 Å². The van der Waals surface area contributed by atoms with Gasteiger partial charge in [0, 0.05) is 31.4 Å². The Labute approximate surface area is 112 Å². The molecule has 0 atom stereocenters. The summed E-state index contributed by atoms with van der Waals surface area (Å²) in [6.07, 6.45) is 0.868. The van der Waals surface area contributed by atoms with Gasteiger partial charge in [-0.25, -0.2) is 4.79 Å². The zero-order valence-electron chi connectivity index (χ0n) is 11.2. The molecule has 0 heterocycles. The quantitative estimate of drug-likeness (QED) is 0.380. The van der Waals surface area contributed by atoms with Crippen molar-refractivity contribution < 1.29 is 19.4 Å². The lowest BCUT2D eigenvalue weighted by molar-refractivity contribution is -0.141. The summed E-state index contributed by atoms with van der Waals surface area (Å²) in [5.41, 5.74) is 1.25. The number of aliphatic hydroxyl groups excluding tert-OH is 1. The van der Waals surface area contributed by atoms with Gasteiger partial charge in [0.25, 0.3) is 0 Å². The molecule has 0 aromatic heterocycles. The number of hydrogen-bond acceptors (Lipinski definition) is 5. The van der Waals surface area contributed by atoms with Crippen LogP contribution in [0.1, 0.15) is 17.3 Å². The molecule has 19 heavy (non-hydrogen) atoms. The predicted molar refractivity (Wildman–Crippen MR) is 72.4 cm³/mol. The molecule has 1 N–H and O–H groups in total. The molecule has 0 radical (unpaired) electrons. The zero-order valence-corrected chi connectivity index (χ0v) is 11.2. The molecule has 5 nitrogen and oxygen atoms in total. The maximum absolute atomic E-state index is 11.9. The number of esters is 1. The third kappa shape index (κ3) is 4.13. The van der Waals surface area contributed by atoms with Gasteiger partial charge in [0.2, 0.25) is 5.76 Å². The first-order valence-corrected chi connectivity index (χ1v) is 5.85. The van der Waals surface area contributed by atoms with E-state index in [-0.39, 0.29) is 6.61 Å². The number of rotatable bonds is 5. The second kappa shape index (κ2) is 6.58. The summed E-state index contributed by atoms with van der Waals surface area (Å²) < 4.78 is 4.58. The summed E-state index contributed by atoms with van der Waals surface area (Å²) in [6, 6.07) is 6.88. The minimum atomic E-state index is -0.903. The number of carbonyl (C=O) groups excluding carboxylic acids is 2. The lowest BCUT2D eigenvalue weighted by atomic mass is 10.1. The van der Waals surface area contributed by atoms with Crippen LogP contribution in [-0.2, 0) is 9.53 Å². The molecule has 0 amide bonds. The van der Waals surface area contributed by atoms with E-state index >= 15 is 0 Å². The number of carbonyl (C=O) groups is 2. The lowest BCUT2D eigenvalue weighted by Gasteiger charge is -2.12. The molecular weight excluding hydrogens is 246 g/mol. The van der Waals surface area contributed by atoms with Crippen LogP contribution in [0.3, 0.4) is 0 Å². The minimum absolute atomic E-state index is 0.140. The van der Waals surface area contributed by atoms with Crippen molar-refractivity contribution in [1.82, 2.24) is 0 Å². The van der Waals surface area contributed by atoms with Crippen LogP contribution in [0.2, 0.25) is 0 Å². The maximum Gasteiger partial charge on any atom is 0.373 e. The van der Waals surface area contributed by atoms with Gasteiger partial charge >= 0.3 is 5.97 Å². The van der Waals surface area contributed by atoms with Gasteiger partial charge < -0.3 is 14.7 Å². The number of hydrogen-bond donors (Lipinski definition) is 1. The Morgan fingerprint density at radius 1 is 1.37 bits per heavy atom. The Morgan fingerprint density at radius 2 is 2.05 bits per heavy atom. The van der Waals surface area contributed by atoms with Crippen LogP contribution in [0.4, 0.5) is 5.69 Å². The van der Waals surface area contributed by atoms with Crippen molar-refractivity contribution in [2.75, 3.05) is 25.6 Å². The number of ketones is 1. The first-order chi connectivity index (χ1) is 8.95. The molecule has 5 heteroatoms. The second-order valence-electron chi connectivity index (χ2n) is 4.06. The zero-order chi connectivity index (χ0) is 14.4. The van der Waals surface area contributed by atoms with E-state index in [1.807, 2.05) is 25.1 Å². The number of nitrogens with zero attached hydrogens (tertiary/aromatic N) is 1. The molecule has 1 rings (SSSR count). The van der Waals surface area contributed by atoms with E-state index in [1.54, 1.807) is 25.1 Å². The Bertz CT molecular complexity index is 506. The largest absolute Gasteiger partial charge is 0.502 e. The molecule has 1 aromatic carbocycles. The molecule has 0 aliphatic carbocycles. The molecule has 1 aromatic rings. The van der Waals surface area contributed by atoms with Crippen molar-refractivity contribution >= 4 is 17.4 Å². The van der Waals surface area contributed by atoms with Crippen molar-refractivity contribution in [2.24, 2.45) is 0 Å². The van der Waals surface area contributed by atoms with Crippen LogP contribution in [0, 0.1) is 0 Å². The molecular formula is C14H17NO4. The summed E-state index contributed by atoms with van der Waals surface area (Å²) >= 11 is 0. The molecule has 0 spiro atoms. The third-order valence-corrected chi connectivity index (χ3v) is 2.40. The molecule has 0 aliphatic heterocycles. The third-order valence-electron chi connectivity index (χ3n) is 2.40. The van der Waals surface area contributed by atoms with Gasteiger partial charge in [-0.15, -0.1) is 0 Å². The number of benzene rings is 1. The van der Waals surface area contributed by atoms with Crippen LogP contribution in [-0.4, -0.2) is 37.6 Å². The van der Waals surface area contributed by atoms with E-state index in [0.29, 0.717) is 5.56 Å². The highest BCUT2D eigenvalue weighted by atomic mass is 16.5. The van der Waals surface area contributed by atoms with Gasteiger partial charge in [-0.3, -0.25) is 4.79 Å². The molecule has 0 saturated carbocycles. The van der Waals surface area contributed by atoms with Gasteiger partial charge in [0.05, 0.1) is 6.61 Å². The van der Waals surface area contributed by atoms with Gasteiger partial charge in [-0.05, 0) is 19.1 Å². The highest BCUT2D eigenvalue weighted by molar-refractivity contribution is 6.08. The molecule has 102 valence electrons. The van der Waals surface area contributed by atoms with Gasteiger partial charge in [0.15, 0.2) is 5.78 Å². The summed E-state index contributed by atoms with van der Waals surface area (Å²) in [6.45, 7) is 1.76. The van der Waals surface area contributed by atoms with Crippen LogP contribution >= 0.6 is 0 Å². The standard InChI is InChI=1S/C14H17NO4/c1-4-19-14(18)13(17)9-12(16)10-6-5-7-11(8-10)15(2)3/h5-9,17H,4H2,1-3H3/b13-9-. The Morgan fingerprint density at radius 3 is 2.63 bits per heavy atom. The fourth-order valence-electron chi connectivity index (χ4n) is 1.41. The van der Waals surface area contributed by atoms with E-state index in [0.717, 1.165) is 11.8 Å². The molecule has 0 unspecified atom stereocenters. The first kappa shape index (κ1) is 14.8. The lowest BCUT2D eigenvalue weighted by Crippen LogP contribution is -2.11. The normalized spacial score (nSPS) is 11.0. The number of ether oxygens (including phenoxy) is 1. The van der Waals surface area contributed by atoms with Crippen LogP contribution < -0.4 is 4.90 Å². The molecule has 0 saturated heterocycles.